The van der Waals surface area contributed by atoms with Crippen molar-refractivity contribution >= 4 is 27.7 Å². The highest BCUT2D eigenvalue weighted by molar-refractivity contribution is 9.09. The number of ether oxygens (including phenoxy) is 1. The molecule has 0 radical (unpaired) electrons. The average molecular weight is 342 g/mol. The van der Waals surface area contributed by atoms with Crippen LogP contribution in [0.1, 0.15) is 20.8 Å². The summed E-state index contributed by atoms with van der Waals surface area (Å²) < 4.78 is 35.9. The van der Waals surface area contributed by atoms with Crippen LogP contribution < -0.4 is 5.32 Å². The third kappa shape index (κ3) is 14.7. The lowest BCUT2D eigenvalue weighted by molar-refractivity contribution is -0.0245. The minimum Gasteiger partial charge on any atom is -0.444 e. The second-order valence-corrected chi connectivity index (χ2v) is 5.32. The van der Waals surface area contributed by atoms with Crippen LogP contribution in [0.25, 0.3) is 0 Å². The van der Waals surface area contributed by atoms with Crippen LogP contribution in [0.5, 0.6) is 0 Å². The minimum atomic E-state index is -4.19. The standard InChI is InChI=1S/C11H15NO2.CBrF3/c1-11(2,3)14-10(13)12-9-7-5-4-6-8-9;2-1(3,4)5/h4-8H,1-3H3,(H,12,13);. The summed E-state index contributed by atoms with van der Waals surface area (Å²) in [5.74, 6) is 0. The van der Waals surface area contributed by atoms with E-state index in [1.54, 1.807) is 0 Å². The van der Waals surface area contributed by atoms with Crippen molar-refractivity contribution in [2.24, 2.45) is 0 Å². The van der Waals surface area contributed by atoms with Crippen LogP contribution in [0.15, 0.2) is 30.3 Å². The molecule has 0 atom stereocenters. The van der Waals surface area contributed by atoms with Gasteiger partial charge in [-0.25, -0.2) is 4.79 Å². The normalized spacial score (nSPS) is 11.1. The number of halogens is 4. The predicted octanol–water partition coefficient (Wildman–Crippen LogP) is 4.93. The Balaban J connectivity index is 0.000000555. The second-order valence-electron chi connectivity index (χ2n) is 4.42. The molecule has 0 unspecified atom stereocenters. The Morgan fingerprint density at radius 1 is 1.16 bits per heavy atom. The molecule has 0 saturated carbocycles. The molecule has 0 aromatic heterocycles. The summed E-state index contributed by atoms with van der Waals surface area (Å²) in [6.45, 7) is 5.49. The van der Waals surface area contributed by atoms with Gasteiger partial charge in [-0.1, -0.05) is 18.2 Å². The summed E-state index contributed by atoms with van der Waals surface area (Å²) >= 11 is 1.38. The molecule has 0 bridgehead atoms. The zero-order chi connectivity index (χ0) is 15.1. The maximum Gasteiger partial charge on any atom is 0.448 e. The third-order valence-electron chi connectivity index (χ3n) is 1.42. The molecular formula is C12H15BrF3NO2. The lowest BCUT2D eigenvalue weighted by Gasteiger charge is -2.19. The number of hydrogen-bond donors (Lipinski definition) is 1. The summed E-state index contributed by atoms with van der Waals surface area (Å²) in [4.78, 5) is 11.3. The maximum atomic E-state index is 11.3. The Hall–Kier alpha value is -1.24. The minimum absolute atomic E-state index is 0.427. The number of benzene rings is 1. The first kappa shape index (κ1) is 17.8. The maximum absolute atomic E-state index is 11.3. The Morgan fingerprint density at radius 3 is 1.95 bits per heavy atom. The van der Waals surface area contributed by atoms with Crippen LogP contribution >= 0.6 is 15.9 Å². The molecule has 1 amide bonds. The summed E-state index contributed by atoms with van der Waals surface area (Å²) in [7, 11) is 0. The van der Waals surface area contributed by atoms with Crippen molar-refractivity contribution in [3.8, 4) is 0 Å². The summed E-state index contributed by atoms with van der Waals surface area (Å²) in [5, 5.41) is -1.55. The second kappa shape index (κ2) is 7.37. The highest BCUT2D eigenvalue weighted by Gasteiger charge is 2.19. The predicted molar refractivity (Wildman–Crippen MR) is 71.3 cm³/mol. The number of para-hydroxylation sites is 1. The summed E-state index contributed by atoms with van der Waals surface area (Å²) in [6, 6.07) is 9.22. The number of alkyl halides is 4. The van der Waals surface area contributed by atoms with E-state index in [4.69, 9.17) is 4.74 Å². The molecule has 0 saturated heterocycles. The molecule has 0 aliphatic heterocycles. The summed E-state index contributed by atoms with van der Waals surface area (Å²) in [6.07, 6.45) is -0.427. The fourth-order valence-electron chi connectivity index (χ4n) is 0.943. The van der Waals surface area contributed by atoms with Gasteiger partial charge in [-0.15, -0.1) is 0 Å². The van der Waals surface area contributed by atoms with E-state index in [2.05, 4.69) is 5.32 Å². The molecule has 0 fully saturated rings. The molecule has 1 aromatic rings. The third-order valence-corrected chi connectivity index (χ3v) is 1.42. The van der Waals surface area contributed by atoms with Gasteiger partial charge in [0.15, 0.2) is 0 Å². The number of carbonyl (C=O) groups is 1. The fraction of sp³-hybridized carbons (Fsp3) is 0.417. The van der Waals surface area contributed by atoms with Gasteiger partial charge in [0, 0.05) is 21.6 Å². The zero-order valence-electron chi connectivity index (χ0n) is 10.7. The van der Waals surface area contributed by atoms with Crippen molar-refractivity contribution in [2.45, 2.75) is 31.5 Å². The van der Waals surface area contributed by atoms with Crippen molar-refractivity contribution in [1.29, 1.82) is 0 Å². The van der Waals surface area contributed by atoms with Gasteiger partial charge < -0.3 is 4.74 Å². The van der Waals surface area contributed by atoms with Gasteiger partial charge in [-0.2, -0.15) is 13.2 Å². The van der Waals surface area contributed by atoms with Gasteiger partial charge >= 0.3 is 11.2 Å². The highest BCUT2D eigenvalue weighted by Crippen LogP contribution is 2.21. The van der Waals surface area contributed by atoms with E-state index >= 15 is 0 Å². The van der Waals surface area contributed by atoms with Gasteiger partial charge in [0.2, 0.25) is 0 Å². The molecule has 1 N–H and O–H groups in total. The number of carbonyl (C=O) groups excluding carboxylic acids is 1. The molecule has 19 heavy (non-hydrogen) atoms. The Bertz CT molecular complexity index is 382. The lowest BCUT2D eigenvalue weighted by atomic mass is 10.2. The molecular weight excluding hydrogens is 327 g/mol. The monoisotopic (exact) mass is 341 g/mol. The Morgan fingerprint density at radius 2 is 1.58 bits per heavy atom. The lowest BCUT2D eigenvalue weighted by Crippen LogP contribution is -2.27. The molecule has 0 spiro atoms. The molecule has 3 nitrogen and oxygen atoms in total. The van der Waals surface area contributed by atoms with Gasteiger partial charge in [-0.05, 0) is 32.9 Å². The number of nitrogens with one attached hydrogen (secondary N) is 1. The Labute approximate surface area is 118 Å². The van der Waals surface area contributed by atoms with Gasteiger partial charge in [-0.3, -0.25) is 5.32 Å². The molecule has 0 aliphatic carbocycles. The van der Waals surface area contributed by atoms with E-state index in [0.29, 0.717) is 0 Å². The van der Waals surface area contributed by atoms with Crippen LogP contribution in [0.3, 0.4) is 0 Å². The largest absolute Gasteiger partial charge is 0.448 e. The highest BCUT2D eigenvalue weighted by atomic mass is 79.9. The topological polar surface area (TPSA) is 38.3 Å². The first-order valence-corrected chi connectivity index (χ1v) is 6.07. The number of amides is 1. The van der Waals surface area contributed by atoms with E-state index in [1.807, 2.05) is 51.1 Å². The van der Waals surface area contributed by atoms with E-state index in [-0.39, 0.29) is 0 Å². The SMILES string of the molecule is CC(C)(C)OC(=O)Nc1ccccc1.FC(F)(F)Br. The quantitative estimate of drug-likeness (QED) is 0.735. The number of hydrogen-bond acceptors (Lipinski definition) is 2. The summed E-state index contributed by atoms with van der Waals surface area (Å²) in [5.41, 5.74) is 0.278. The molecule has 0 aliphatic rings. The average Bonchev–Trinajstić information content (AvgIpc) is 2.12. The zero-order valence-corrected chi connectivity index (χ0v) is 12.3. The Kier molecular flexibility index (Phi) is 6.89. The number of anilines is 1. The van der Waals surface area contributed by atoms with Crippen molar-refractivity contribution < 1.29 is 22.7 Å². The first-order valence-electron chi connectivity index (χ1n) is 5.28. The van der Waals surface area contributed by atoms with Crippen molar-refractivity contribution in [1.82, 2.24) is 0 Å². The smallest absolute Gasteiger partial charge is 0.444 e. The first-order chi connectivity index (χ1) is 8.47. The van der Waals surface area contributed by atoms with Crippen LogP contribution in [0.2, 0.25) is 0 Å². The fourth-order valence-corrected chi connectivity index (χ4v) is 0.943. The number of rotatable bonds is 1. The molecule has 1 aromatic carbocycles. The van der Waals surface area contributed by atoms with Crippen molar-refractivity contribution in [2.75, 3.05) is 5.32 Å². The van der Waals surface area contributed by atoms with Crippen LogP contribution in [-0.2, 0) is 4.74 Å². The molecule has 0 heterocycles. The van der Waals surface area contributed by atoms with E-state index in [1.165, 1.54) is 15.9 Å². The van der Waals surface area contributed by atoms with Crippen LogP contribution in [-0.4, -0.2) is 16.8 Å². The van der Waals surface area contributed by atoms with E-state index < -0.39 is 16.8 Å². The van der Waals surface area contributed by atoms with E-state index in [9.17, 15) is 18.0 Å². The molecule has 7 heteroatoms. The van der Waals surface area contributed by atoms with Gasteiger partial charge in [0.05, 0.1) is 0 Å². The van der Waals surface area contributed by atoms with Gasteiger partial charge in [0.1, 0.15) is 5.60 Å². The van der Waals surface area contributed by atoms with Crippen LogP contribution in [0, 0.1) is 0 Å². The molecule has 1 rings (SSSR count). The van der Waals surface area contributed by atoms with Crippen molar-refractivity contribution in [3.05, 3.63) is 30.3 Å². The van der Waals surface area contributed by atoms with E-state index in [0.717, 1.165) is 5.69 Å². The van der Waals surface area contributed by atoms with Crippen LogP contribution in [0.4, 0.5) is 23.7 Å². The van der Waals surface area contributed by atoms with Crippen molar-refractivity contribution in [3.63, 3.8) is 0 Å². The van der Waals surface area contributed by atoms with Gasteiger partial charge in [0.25, 0.3) is 0 Å². The molecule has 108 valence electrons.